The van der Waals surface area contributed by atoms with Crippen LogP contribution in [0.5, 0.6) is 0 Å². The molecule has 1 aliphatic rings. The summed E-state index contributed by atoms with van der Waals surface area (Å²) in [7, 11) is -1.76. The van der Waals surface area contributed by atoms with Gasteiger partial charge in [-0.1, -0.05) is 117 Å². The molecular formula is C45H35NSi. The summed E-state index contributed by atoms with van der Waals surface area (Å²) in [4.78, 5) is 2.48. The first kappa shape index (κ1) is 27.8. The molecule has 1 aliphatic carbocycles. The lowest BCUT2D eigenvalue weighted by Crippen LogP contribution is -2.41. The first-order chi connectivity index (χ1) is 22.9. The van der Waals surface area contributed by atoms with Crippen LogP contribution in [0.15, 0.2) is 158 Å². The average molecular weight is 618 g/mol. The molecule has 0 bridgehead atoms. The highest BCUT2D eigenvalue weighted by molar-refractivity contribution is 6.91. The lowest BCUT2D eigenvalue weighted by Gasteiger charge is -2.33. The van der Waals surface area contributed by atoms with Crippen molar-refractivity contribution >= 4 is 62.6 Å². The van der Waals surface area contributed by atoms with Gasteiger partial charge in [-0.3, -0.25) is 0 Å². The van der Waals surface area contributed by atoms with Crippen LogP contribution in [0.2, 0.25) is 19.6 Å². The maximum Gasteiger partial charge on any atom is 0.0811 e. The van der Waals surface area contributed by atoms with Gasteiger partial charge < -0.3 is 4.90 Å². The molecular weight excluding hydrogens is 583 g/mol. The zero-order valence-corrected chi connectivity index (χ0v) is 28.0. The maximum atomic E-state index is 2.48. The van der Waals surface area contributed by atoms with Gasteiger partial charge in [-0.2, -0.15) is 0 Å². The molecule has 0 aliphatic heterocycles. The van der Waals surface area contributed by atoms with E-state index in [1.807, 2.05) is 0 Å². The van der Waals surface area contributed by atoms with Crippen molar-refractivity contribution in [3.05, 3.63) is 158 Å². The fourth-order valence-electron chi connectivity index (χ4n) is 7.60. The van der Waals surface area contributed by atoms with Crippen molar-refractivity contribution in [3.8, 4) is 33.4 Å². The molecule has 47 heavy (non-hydrogen) atoms. The van der Waals surface area contributed by atoms with Gasteiger partial charge in [0.2, 0.25) is 0 Å². The number of fused-ring (bicyclic) bond motifs is 7. The smallest absolute Gasteiger partial charge is 0.0811 e. The molecule has 8 aromatic carbocycles. The highest BCUT2D eigenvalue weighted by Crippen LogP contribution is 2.51. The summed E-state index contributed by atoms with van der Waals surface area (Å²) >= 11 is 0. The summed E-state index contributed by atoms with van der Waals surface area (Å²) in [6.45, 7) is 7.39. The molecule has 2 heteroatoms. The third-order valence-electron chi connectivity index (χ3n) is 9.79. The second kappa shape index (κ2) is 10.6. The highest BCUT2D eigenvalue weighted by Gasteiger charge is 2.28. The molecule has 0 saturated carbocycles. The van der Waals surface area contributed by atoms with Crippen molar-refractivity contribution in [2.75, 3.05) is 4.90 Å². The van der Waals surface area contributed by atoms with E-state index in [-0.39, 0.29) is 0 Å². The van der Waals surface area contributed by atoms with Gasteiger partial charge in [0, 0.05) is 17.1 Å². The van der Waals surface area contributed by atoms with E-state index in [4.69, 9.17) is 0 Å². The minimum absolute atomic E-state index is 1.18. The Balaban J connectivity index is 1.19. The zero-order valence-electron chi connectivity index (χ0n) is 27.0. The molecule has 8 aromatic rings. The number of hydrogen-bond donors (Lipinski definition) is 0. The van der Waals surface area contributed by atoms with Crippen LogP contribution < -0.4 is 10.1 Å². The quantitative estimate of drug-likeness (QED) is 0.174. The molecule has 224 valence electrons. The Labute approximate surface area is 277 Å². The molecule has 9 rings (SSSR count). The van der Waals surface area contributed by atoms with Crippen molar-refractivity contribution in [1.29, 1.82) is 0 Å². The number of para-hydroxylation sites is 1. The van der Waals surface area contributed by atoms with Gasteiger partial charge in [0.05, 0.1) is 8.07 Å². The first-order valence-corrected chi connectivity index (χ1v) is 20.0. The highest BCUT2D eigenvalue weighted by atomic mass is 28.3. The predicted octanol–water partition coefficient (Wildman–Crippen LogP) is 12.5. The van der Waals surface area contributed by atoms with Gasteiger partial charge in [0.25, 0.3) is 0 Å². The third kappa shape index (κ3) is 4.59. The summed E-state index contributed by atoms with van der Waals surface area (Å²) in [5, 5.41) is 9.28. The topological polar surface area (TPSA) is 3.24 Å². The van der Waals surface area contributed by atoms with Gasteiger partial charge in [-0.25, -0.2) is 0 Å². The Morgan fingerprint density at radius 3 is 1.62 bits per heavy atom. The van der Waals surface area contributed by atoms with Crippen molar-refractivity contribution in [2.24, 2.45) is 0 Å². The predicted molar refractivity (Wildman–Crippen MR) is 206 cm³/mol. The van der Waals surface area contributed by atoms with E-state index in [2.05, 4.69) is 182 Å². The molecule has 0 radical (unpaired) electrons. The van der Waals surface area contributed by atoms with Crippen molar-refractivity contribution < 1.29 is 0 Å². The van der Waals surface area contributed by atoms with Crippen molar-refractivity contribution in [2.45, 2.75) is 19.6 Å². The summed E-state index contributed by atoms with van der Waals surface area (Å²) in [5.41, 5.74) is 11.6. The van der Waals surface area contributed by atoms with Crippen LogP contribution in [-0.4, -0.2) is 8.07 Å². The summed E-state index contributed by atoms with van der Waals surface area (Å²) in [6.07, 6.45) is 0. The van der Waals surface area contributed by atoms with Crippen molar-refractivity contribution in [1.82, 2.24) is 0 Å². The van der Waals surface area contributed by atoms with E-state index in [0.717, 1.165) is 0 Å². The Bertz CT molecular complexity index is 2490. The number of benzene rings is 8. The van der Waals surface area contributed by atoms with Gasteiger partial charge in [0.1, 0.15) is 0 Å². The van der Waals surface area contributed by atoms with E-state index in [0.29, 0.717) is 0 Å². The standard InChI is InChI=1S/C45H35NSi/c1-47(2,3)45-39-17-11-10-14-31(39)21-23-44(45)46(37-15-8-5-9-16-37)38-22-20-34-27-41-40-26-33-19-18-32(30-12-6-4-7-13-30)24-35(33)28-42(40)43(41)29-36(34)25-38/h4-29H,1-3H3. The van der Waals surface area contributed by atoms with E-state index >= 15 is 0 Å². The monoisotopic (exact) mass is 617 g/mol. The van der Waals surface area contributed by atoms with E-state index < -0.39 is 8.07 Å². The Hall–Kier alpha value is -5.44. The fourth-order valence-corrected chi connectivity index (χ4v) is 9.60. The number of nitrogens with zero attached hydrogens (tertiary/aromatic N) is 1. The molecule has 0 heterocycles. The molecule has 0 atom stereocenters. The zero-order chi connectivity index (χ0) is 31.7. The Morgan fingerprint density at radius 2 is 0.936 bits per heavy atom. The van der Waals surface area contributed by atoms with Crippen LogP contribution >= 0.6 is 0 Å². The summed E-state index contributed by atoms with van der Waals surface area (Å²) in [5.74, 6) is 0. The normalized spacial score (nSPS) is 12.1. The lowest BCUT2D eigenvalue weighted by atomic mass is 9.77. The van der Waals surface area contributed by atoms with E-state index in [1.165, 1.54) is 87.9 Å². The van der Waals surface area contributed by atoms with Crippen LogP contribution in [0.1, 0.15) is 0 Å². The van der Waals surface area contributed by atoms with E-state index in [9.17, 15) is 0 Å². The second-order valence-corrected chi connectivity index (χ2v) is 18.9. The van der Waals surface area contributed by atoms with Crippen LogP contribution in [-0.2, 0) is 0 Å². The SMILES string of the molecule is C[Si](C)(C)c1c(N(c2ccccc2)c2ccc3cc4c(cc3c2)-c2cc3cc(-c5ccccc5)ccc3cc2-4)ccc2ccccc12. The Kier molecular flexibility index (Phi) is 6.25. The summed E-state index contributed by atoms with van der Waals surface area (Å²) < 4.78 is 0. The molecule has 0 spiro atoms. The van der Waals surface area contributed by atoms with Gasteiger partial charge in [-0.15, -0.1) is 0 Å². The van der Waals surface area contributed by atoms with Crippen LogP contribution in [0.3, 0.4) is 0 Å². The molecule has 0 unspecified atom stereocenters. The van der Waals surface area contributed by atoms with E-state index in [1.54, 1.807) is 0 Å². The van der Waals surface area contributed by atoms with Crippen molar-refractivity contribution in [3.63, 3.8) is 0 Å². The fraction of sp³-hybridized carbons (Fsp3) is 0.0667. The molecule has 1 nitrogen and oxygen atoms in total. The molecule has 0 amide bonds. The molecule has 0 N–H and O–H groups in total. The van der Waals surface area contributed by atoms with Crippen LogP contribution in [0.4, 0.5) is 17.1 Å². The first-order valence-electron chi connectivity index (χ1n) is 16.5. The number of hydrogen-bond acceptors (Lipinski definition) is 1. The second-order valence-electron chi connectivity index (χ2n) is 13.9. The number of anilines is 3. The average Bonchev–Trinajstić information content (AvgIpc) is 3.10. The van der Waals surface area contributed by atoms with Gasteiger partial charge in [-0.05, 0) is 132 Å². The maximum absolute atomic E-state index is 2.48. The minimum atomic E-state index is -1.76. The molecule has 0 aromatic heterocycles. The molecule has 0 saturated heterocycles. The Morgan fingerprint density at radius 1 is 0.383 bits per heavy atom. The van der Waals surface area contributed by atoms with Crippen LogP contribution in [0.25, 0.3) is 65.7 Å². The molecule has 0 fully saturated rings. The third-order valence-corrected chi connectivity index (χ3v) is 11.8. The number of rotatable bonds is 5. The van der Waals surface area contributed by atoms with Crippen LogP contribution in [0, 0.1) is 0 Å². The lowest BCUT2D eigenvalue weighted by molar-refractivity contribution is 1.30. The minimum Gasteiger partial charge on any atom is -0.311 e. The van der Waals surface area contributed by atoms with Gasteiger partial charge >= 0.3 is 0 Å². The summed E-state index contributed by atoms with van der Waals surface area (Å²) in [6, 6.07) is 58.4. The largest absolute Gasteiger partial charge is 0.311 e. The van der Waals surface area contributed by atoms with Gasteiger partial charge in [0.15, 0.2) is 0 Å².